The molecular formula is C13H19N3O. The number of hydrogen-bond donors (Lipinski definition) is 2. The van der Waals surface area contributed by atoms with Crippen LogP contribution >= 0.6 is 0 Å². The lowest BCUT2D eigenvalue weighted by atomic mass is 9.80. The highest BCUT2D eigenvalue weighted by Gasteiger charge is 2.36. The van der Waals surface area contributed by atoms with Gasteiger partial charge in [0.25, 0.3) is 0 Å². The first-order valence-corrected chi connectivity index (χ1v) is 5.91. The number of rotatable bonds is 4. The van der Waals surface area contributed by atoms with E-state index in [2.05, 4.69) is 10.3 Å². The molecule has 1 saturated carbocycles. The van der Waals surface area contributed by atoms with Gasteiger partial charge < -0.3 is 15.8 Å². The van der Waals surface area contributed by atoms with Gasteiger partial charge in [-0.2, -0.15) is 0 Å². The van der Waals surface area contributed by atoms with Crippen molar-refractivity contribution in [2.24, 2.45) is 10.7 Å². The summed E-state index contributed by atoms with van der Waals surface area (Å²) in [6.45, 7) is 0.634. The molecule has 1 aliphatic rings. The number of ether oxygens (including phenoxy) is 1. The smallest absolute Gasteiger partial charge is 0.193 e. The number of nitrogens with one attached hydrogen (secondary N) is 1. The van der Waals surface area contributed by atoms with Crippen molar-refractivity contribution in [3.8, 4) is 0 Å². The number of para-hydroxylation sites is 1. The Morgan fingerprint density at radius 1 is 1.41 bits per heavy atom. The van der Waals surface area contributed by atoms with Crippen LogP contribution in [0.15, 0.2) is 35.3 Å². The number of guanidine groups is 1. The Bertz CT molecular complexity index is 379. The summed E-state index contributed by atoms with van der Waals surface area (Å²) < 4.78 is 5.48. The topological polar surface area (TPSA) is 59.6 Å². The molecule has 0 amide bonds. The fourth-order valence-corrected chi connectivity index (χ4v) is 1.94. The van der Waals surface area contributed by atoms with Gasteiger partial charge in [-0.15, -0.1) is 0 Å². The van der Waals surface area contributed by atoms with E-state index in [-0.39, 0.29) is 5.60 Å². The van der Waals surface area contributed by atoms with Crippen LogP contribution in [0.1, 0.15) is 19.3 Å². The average Bonchev–Trinajstić information content (AvgIpc) is 2.29. The molecule has 0 spiro atoms. The Morgan fingerprint density at radius 3 is 2.65 bits per heavy atom. The van der Waals surface area contributed by atoms with E-state index in [4.69, 9.17) is 10.5 Å². The van der Waals surface area contributed by atoms with Crippen molar-refractivity contribution in [2.75, 3.05) is 19.0 Å². The second-order valence-corrected chi connectivity index (χ2v) is 4.43. The fourth-order valence-electron chi connectivity index (χ4n) is 1.94. The molecule has 0 atom stereocenters. The van der Waals surface area contributed by atoms with Gasteiger partial charge in [0.15, 0.2) is 5.96 Å². The van der Waals surface area contributed by atoms with Crippen LogP contribution in [-0.4, -0.2) is 25.2 Å². The average molecular weight is 233 g/mol. The summed E-state index contributed by atoms with van der Waals surface area (Å²) in [4.78, 5) is 4.34. The Hall–Kier alpha value is -1.55. The van der Waals surface area contributed by atoms with Crippen LogP contribution in [0.2, 0.25) is 0 Å². The third kappa shape index (κ3) is 2.97. The molecule has 0 radical (unpaired) electrons. The summed E-state index contributed by atoms with van der Waals surface area (Å²) in [5.41, 5.74) is 6.72. The molecule has 2 rings (SSSR count). The van der Waals surface area contributed by atoms with Crippen molar-refractivity contribution in [2.45, 2.75) is 24.9 Å². The Labute approximate surface area is 102 Å². The van der Waals surface area contributed by atoms with E-state index >= 15 is 0 Å². The highest BCUT2D eigenvalue weighted by atomic mass is 16.5. The van der Waals surface area contributed by atoms with Crippen molar-refractivity contribution in [1.29, 1.82) is 0 Å². The molecule has 92 valence electrons. The summed E-state index contributed by atoms with van der Waals surface area (Å²) in [6.07, 6.45) is 3.37. The minimum atomic E-state index is -0.0665. The lowest BCUT2D eigenvalue weighted by Crippen LogP contribution is -2.43. The third-order valence-electron chi connectivity index (χ3n) is 3.28. The summed E-state index contributed by atoms with van der Waals surface area (Å²) in [7, 11) is 1.75. The summed E-state index contributed by atoms with van der Waals surface area (Å²) >= 11 is 0. The standard InChI is InChI=1S/C13H19N3O/c1-17-13(8-5-9-13)10-15-12(14)16-11-6-3-2-4-7-11/h2-4,6-7H,5,8-10H2,1H3,(H3,14,15,16). The zero-order valence-electron chi connectivity index (χ0n) is 10.1. The number of aliphatic imine (C=N–C) groups is 1. The predicted molar refractivity (Wildman–Crippen MR) is 70.1 cm³/mol. The van der Waals surface area contributed by atoms with Crippen molar-refractivity contribution in [1.82, 2.24) is 0 Å². The molecular weight excluding hydrogens is 214 g/mol. The van der Waals surface area contributed by atoms with E-state index in [1.807, 2.05) is 30.3 Å². The largest absolute Gasteiger partial charge is 0.376 e. The third-order valence-corrected chi connectivity index (χ3v) is 3.28. The van der Waals surface area contributed by atoms with Crippen LogP contribution in [0.4, 0.5) is 5.69 Å². The van der Waals surface area contributed by atoms with Gasteiger partial charge in [0.05, 0.1) is 12.1 Å². The highest BCUT2D eigenvalue weighted by molar-refractivity contribution is 5.92. The van der Waals surface area contributed by atoms with Gasteiger partial charge in [0.1, 0.15) is 0 Å². The molecule has 0 aromatic heterocycles. The number of benzene rings is 1. The Morgan fingerprint density at radius 2 is 2.12 bits per heavy atom. The Kier molecular flexibility index (Phi) is 3.64. The van der Waals surface area contributed by atoms with Gasteiger partial charge in [0, 0.05) is 12.8 Å². The molecule has 1 fully saturated rings. The molecule has 17 heavy (non-hydrogen) atoms. The van der Waals surface area contributed by atoms with Gasteiger partial charge in [-0.3, -0.25) is 4.99 Å². The maximum atomic E-state index is 5.83. The molecule has 0 saturated heterocycles. The molecule has 0 bridgehead atoms. The fraction of sp³-hybridized carbons (Fsp3) is 0.462. The highest BCUT2D eigenvalue weighted by Crippen LogP contribution is 2.35. The van der Waals surface area contributed by atoms with Gasteiger partial charge in [-0.1, -0.05) is 18.2 Å². The number of nitrogens with two attached hydrogens (primary N) is 1. The van der Waals surface area contributed by atoms with Gasteiger partial charge in [0.2, 0.25) is 0 Å². The molecule has 3 N–H and O–H groups in total. The summed E-state index contributed by atoms with van der Waals surface area (Å²) in [5, 5.41) is 3.06. The minimum Gasteiger partial charge on any atom is -0.376 e. The molecule has 1 aliphatic carbocycles. The second kappa shape index (κ2) is 5.19. The molecule has 1 aromatic rings. The van der Waals surface area contributed by atoms with Crippen LogP contribution in [0.25, 0.3) is 0 Å². The van der Waals surface area contributed by atoms with E-state index in [0.29, 0.717) is 12.5 Å². The van der Waals surface area contributed by atoms with E-state index in [1.54, 1.807) is 7.11 Å². The van der Waals surface area contributed by atoms with Crippen molar-refractivity contribution in [3.05, 3.63) is 30.3 Å². The van der Waals surface area contributed by atoms with E-state index in [1.165, 1.54) is 6.42 Å². The maximum Gasteiger partial charge on any atom is 0.193 e. The van der Waals surface area contributed by atoms with Crippen LogP contribution in [0.3, 0.4) is 0 Å². The molecule has 4 heteroatoms. The van der Waals surface area contributed by atoms with E-state index in [0.717, 1.165) is 18.5 Å². The lowest BCUT2D eigenvalue weighted by molar-refractivity contribution is -0.0629. The number of methoxy groups -OCH3 is 1. The zero-order valence-corrected chi connectivity index (χ0v) is 10.1. The number of nitrogens with zero attached hydrogens (tertiary/aromatic N) is 1. The quantitative estimate of drug-likeness (QED) is 0.617. The number of anilines is 1. The monoisotopic (exact) mass is 233 g/mol. The SMILES string of the molecule is COC1(CN=C(N)Nc2ccccc2)CCC1. The van der Waals surface area contributed by atoms with E-state index < -0.39 is 0 Å². The van der Waals surface area contributed by atoms with Crippen molar-refractivity contribution in [3.63, 3.8) is 0 Å². The normalized spacial score (nSPS) is 18.5. The molecule has 0 unspecified atom stereocenters. The first kappa shape index (κ1) is 11.9. The molecule has 4 nitrogen and oxygen atoms in total. The first-order chi connectivity index (χ1) is 8.24. The van der Waals surface area contributed by atoms with Crippen molar-refractivity contribution >= 4 is 11.6 Å². The Balaban J connectivity index is 1.89. The predicted octanol–water partition coefficient (Wildman–Crippen LogP) is 1.98. The maximum absolute atomic E-state index is 5.83. The molecule has 1 aromatic carbocycles. The van der Waals surface area contributed by atoms with Gasteiger partial charge in [-0.05, 0) is 31.4 Å². The van der Waals surface area contributed by atoms with Crippen LogP contribution in [-0.2, 0) is 4.74 Å². The second-order valence-electron chi connectivity index (χ2n) is 4.43. The molecule has 0 heterocycles. The van der Waals surface area contributed by atoms with Crippen LogP contribution in [0, 0.1) is 0 Å². The van der Waals surface area contributed by atoms with E-state index in [9.17, 15) is 0 Å². The van der Waals surface area contributed by atoms with Gasteiger partial charge >= 0.3 is 0 Å². The number of hydrogen-bond acceptors (Lipinski definition) is 2. The zero-order chi connectivity index (χ0) is 12.1. The first-order valence-electron chi connectivity index (χ1n) is 5.91. The van der Waals surface area contributed by atoms with Gasteiger partial charge in [-0.25, -0.2) is 0 Å². The van der Waals surface area contributed by atoms with Crippen LogP contribution in [0.5, 0.6) is 0 Å². The summed E-state index contributed by atoms with van der Waals surface area (Å²) in [5.74, 6) is 0.444. The molecule has 0 aliphatic heterocycles. The summed E-state index contributed by atoms with van der Waals surface area (Å²) in [6, 6.07) is 9.79. The van der Waals surface area contributed by atoms with Crippen LogP contribution < -0.4 is 11.1 Å². The van der Waals surface area contributed by atoms with Crippen molar-refractivity contribution < 1.29 is 4.74 Å². The minimum absolute atomic E-state index is 0.0665. The lowest BCUT2D eigenvalue weighted by Gasteiger charge is -2.39.